The van der Waals surface area contributed by atoms with Crippen molar-refractivity contribution in [3.05, 3.63) is 115 Å². The number of fused-ring (bicyclic) bond motifs is 5. The zero-order valence-electron chi connectivity index (χ0n) is 37.1. The van der Waals surface area contributed by atoms with E-state index in [4.69, 9.17) is 23.7 Å². The van der Waals surface area contributed by atoms with E-state index in [2.05, 4.69) is 42.2 Å². The number of nitrogens with zero attached hydrogens (tertiary/aromatic N) is 2. The Kier molecular flexibility index (Phi) is 17.6. The van der Waals surface area contributed by atoms with Gasteiger partial charge in [-0.15, -0.1) is 13.2 Å². The number of carbonyl (C=O) groups excluding carboxylic acids is 2. The van der Waals surface area contributed by atoms with Crippen LogP contribution in [0.2, 0.25) is 0 Å². The first kappa shape index (κ1) is 49.6. The van der Waals surface area contributed by atoms with Gasteiger partial charge in [0.05, 0.1) is 69.1 Å². The molecule has 68 heavy (non-hydrogen) atoms. The lowest BCUT2D eigenvalue weighted by atomic mass is 10.1. The van der Waals surface area contributed by atoms with Crippen molar-refractivity contribution in [3.8, 4) is 17.2 Å². The number of aromatic nitrogens is 2. The molecule has 0 atom stereocenters. The molecule has 2 aromatic heterocycles. The van der Waals surface area contributed by atoms with Crippen LogP contribution in [0.4, 0.5) is 24.5 Å². The molecule has 3 heterocycles. The van der Waals surface area contributed by atoms with Gasteiger partial charge >= 0.3 is 6.36 Å². The summed E-state index contributed by atoms with van der Waals surface area (Å²) in [6.07, 6.45) is 0.298. The number of hydrogen-bond acceptors (Lipinski definition) is 12. The largest absolute Gasteiger partial charge is 0.573 e. The molecule has 4 N–H and O–H groups in total. The van der Waals surface area contributed by atoms with Crippen molar-refractivity contribution in [1.82, 2.24) is 25.3 Å². The van der Waals surface area contributed by atoms with Gasteiger partial charge in [-0.3, -0.25) is 14.6 Å². The van der Waals surface area contributed by atoms with Crippen LogP contribution in [0.3, 0.4) is 0 Å². The molecule has 0 unspecified atom stereocenters. The molecule has 0 radical (unpaired) electrons. The second-order valence-electron chi connectivity index (χ2n) is 15.5. The summed E-state index contributed by atoms with van der Waals surface area (Å²) in [5.41, 5.74) is 5.52. The summed E-state index contributed by atoms with van der Waals surface area (Å²) in [5, 5.41) is 7.98. The van der Waals surface area contributed by atoms with Gasteiger partial charge in [-0.05, 0) is 84.6 Å². The van der Waals surface area contributed by atoms with Gasteiger partial charge in [0.25, 0.3) is 0 Å². The van der Waals surface area contributed by atoms with Gasteiger partial charge in [0.2, 0.25) is 21.8 Å². The molecule has 362 valence electrons. The van der Waals surface area contributed by atoms with E-state index in [0.29, 0.717) is 90.1 Å². The van der Waals surface area contributed by atoms with Gasteiger partial charge in [0.15, 0.2) is 11.5 Å². The minimum absolute atomic E-state index is 0.0302. The monoisotopic (exact) mass is 962 g/mol. The smallest absolute Gasteiger partial charge is 0.453 e. The maximum atomic E-state index is 12.8. The molecule has 1 aliphatic heterocycles. The van der Waals surface area contributed by atoms with Gasteiger partial charge in [-0.2, -0.15) is 0 Å². The van der Waals surface area contributed by atoms with Gasteiger partial charge in [0, 0.05) is 73.2 Å². The molecule has 2 amide bonds. The van der Waals surface area contributed by atoms with Crippen LogP contribution in [-0.4, -0.2) is 109 Å². The first-order valence-electron chi connectivity index (χ1n) is 22.1. The van der Waals surface area contributed by atoms with E-state index in [0.717, 1.165) is 68.6 Å². The zero-order valence-corrected chi connectivity index (χ0v) is 38.0. The van der Waals surface area contributed by atoms with E-state index >= 15 is 0 Å². The number of carbonyl (C=O) groups is 2. The Morgan fingerprint density at radius 3 is 2.15 bits per heavy atom. The van der Waals surface area contributed by atoms with Crippen LogP contribution >= 0.6 is 0 Å². The Balaban J connectivity index is 0.697. The number of pyridine rings is 1. The summed E-state index contributed by atoms with van der Waals surface area (Å²) in [4.78, 5) is 34.3. The maximum Gasteiger partial charge on any atom is 0.573 e. The Morgan fingerprint density at radius 2 is 1.38 bits per heavy atom. The fraction of sp³-hybridized carbons (Fsp3) is 0.354. The first-order chi connectivity index (χ1) is 32.9. The van der Waals surface area contributed by atoms with Crippen molar-refractivity contribution in [2.75, 3.05) is 77.4 Å². The molecule has 20 heteroatoms. The van der Waals surface area contributed by atoms with Crippen LogP contribution in [0.1, 0.15) is 30.4 Å². The van der Waals surface area contributed by atoms with Crippen molar-refractivity contribution in [2.24, 2.45) is 0 Å². The summed E-state index contributed by atoms with van der Waals surface area (Å²) in [5.74, 6) is 0.445. The first-order valence-corrected chi connectivity index (χ1v) is 23.6. The highest BCUT2D eigenvalue weighted by Gasteiger charge is 2.31. The third-order valence-electron chi connectivity index (χ3n) is 10.7. The van der Waals surface area contributed by atoms with E-state index in [1.807, 2.05) is 65.7 Å². The Hall–Kier alpha value is -6.29. The Bertz CT molecular complexity index is 2720. The summed E-state index contributed by atoms with van der Waals surface area (Å²) < 4.78 is 97.8. The van der Waals surface area contributed by atoms with Crippen LogP contribution in [0.25, 0.3) is 21.8 Å². The average molecular weight is 963 g/mol. The molecule has 0 aliphatic carbocycles. The minimum atomic E-state index is -4.89. The number of alkyl halides is 3. The van der Waals surface area contributed by atoms with Crippen LogP contribution in [0.15, 0.2) is 108 Å². The molecule has 0 fully saturated rings. The number of H-pyrrole nitrogens is 1. The van der Waals surface area contributed by atoms with Crippen LogP contribution < -0.4 is 29.7 Å². The topological polar surface area (TPSA) is 192 Å². The Morgan fingerprint density at radius 1 is 0.691 bits per heavy atom. The average Bonchev–Trinajstić information content (AvgIpc) is 3.70. The number of ether oxygens (including phenoxy) is 6. The summed E-state index contributed by atoms with van der Waals surface area (Å²) >= 11 is 0. The predicted octanol–water partition coefficient (Wildman–Crippen LogP) is 7.05. The highest BCUT2D eigenvalue weighted by Crippen LogP contribution is 2.46. The Labute approximate surface area is 391 Å². The molecular weight excluding hydrogens is 910 g/mol. The number of amides is 2. The van der Waals surface area contributed by atoms with Crippen molar-refractivity contribution >= 4 is 55.0 Å². The van der Waals surface area contributed by atoms with Crippen molar-refractivity contribution in [3.63, 3.8) is 0 Å². The molecule has 0 saturated heterocycles. The van der Waals surface area contributed by atoms with Crippen LogP contribution in [-0.2, 0) is 51.5 Å². The highest BCUT2D eigenvalue weighted by molar-refractivity contribution is 7.89. The van der Waals surface area contributed by atoms with E-state index < -0.39 is 22.1 Å². The lowest BCUT2D eigenvalue weighted by molar-refractivity contribution is -0.274. The summed E-state index contributed by atoms with van der Waals surface area (Å²) in [7, 11) is -3.99. The number of anilines is 2. The van der Waals surface area contributed by atoms with Gasteiger partial charge in [0.1, 0.15) is 5.75 Å². The van der Waals surface area contributed by atoms with Crippen molar-refractivity contribution in [1.29, 1.82) is 0 Å². The molecule has 4 aromatic carbocycles. The van der Waals surface area contributed by atoms with Crippen LogP contribution in [0.5, 0.6) is 17.2 Å². The number of benzene rings is 4. The third kappa shape index (κ3) is 14.6. The molecule has 7 rings (SSSR count). The predicted molar refractivity (Wildman–Crippen MR) is 248 cm³/mol. The molecule has 1 aliphatic rings. The van der Waals surface area contributed by atoms with E-state index in [1.165, 1.54) is 0 Å². The van der Waals surface area contributed by atoms with E-state index in [-0.39, 0.29) is 42.8 Å². The third-order valence-corrected chi connectivity index (χ3v) is 12.1. The molecule has 0 bridgehead atoms. The minimum Gasteiger partial charge on any atom is -0.453 e. The standard InChI is InChI=1S/C48H53F3N6O10S/c49-48(50,51)67-36-9-11-37(12-10-36)68(60,61)55-18-3-21-57-42-4-1-2-5-44(42)66-45-31-35(7-14-43(45)57)32-54-47(59)17-22-62-24-26-64-28-29-65-27-25-63-23-20-53-46(58)15-8-34-6-13-38-39-33-52-19-16-40(39)56-41(38)30-34/h1-2,4-7,9-14,16,19,30-31,33,55-56H,3,8,15,17-18,20-29,32H2,(H,53,58)(H,54,59). The van der Waals surface area contributed by atoms with E-state index in [1.54, 1.807) is 6.20 Å². The highest BCUT2D eigenvalue weighted by atomic mass is 32.2. The number of hydrogen-bond donors (Lipinski definition) is 4. The lowest BCUT2D eigenvalue weighted by Gasteiger charge is -2.33. The lowest BCUT2D eigenvalue weighted by Crippen LogP contribution is -2.29. The number of aromatic amines is 1. The second kappa shape index (κ2) is 24.1. The number of halogens is 3. The fourth-order valence-electron chi connectivity index (χ4n) is 7.35. The SMILES string of the molecule is O=C(CCc1ccc2c(c1)[nH]c1ccncc12)NCCOCCOCCOCCOCCC(=O)NCc1ccc2c(c1)Oc1ccccc1N2CCCNS(=O)(=O)c1ccc(OC(F)(F)F)cc1. The van der Waals surface area contributed by atoms with Gasteiger partial charge in [-0.25, -0.2) is 13.1 Å². The normalized spacial score (nSPS) is 12.4. The van der Waals surface area contributed by atoms with Gasteiger partial charge < -0.3 is 48.9 Å². The molecule has 0 spiro atoms. The quantitative estimate of drug-likeness (QED) is 0.0386. The van der Waals surface area contributed by atoms with Crippen molar-refractivity contribution in [2.45, 2.75) is 43.5 Å². The summed E-state index contributed by atoms with van der Waals surface area (Å²) in [6, 6.07) is 25.1. The molecular formula is C48H53F3N6O10S. The number of aryl methyl sites for hydroxylation is 1. The van der Waals surface area contributed by atoms with Crippen molar-refractivity contribution < 1.29 is 59.6 Å². The number of para-hydroxylation sites is 2. The molecule has 6 aromatic rings. The van der Waals surface area contributed by atoms with Crippen LogP contribution in [0, 0.1) is 0 Å². The van der Waals surface area contributed by atoms with Gasteiger partial charge in [-0.1, -0.05) is 30.3 Å². The number of nitrogens with one attached hydrogen (secondary N) is 4. The fourth-order valence-corrected chi connectivity index (χ4v) is 8.42. The number of rotatable bonds is 27. The number of sulfonamides is 1. The maximum absolute atomic E-state index is 12.8. The molecule has 16 nitrogen and oxygen atoms in total. The molecule has 0 saturated carbocycles. The second-order valence-corrected chi connectivity index (χ2v) is 17.3. The van der Waals surface area contributed by atoms with E-state index in [9.17, 15) is 31.2 Å². The zero-order chi connectivity index (χ0) is 47.8. The summed E-state index contributed by atoms with van der Waals surface area (Å²) in [6.45, 7) is 4.00.